The summed E-state index contributed by atoms with van der Waals surface area (Å²) in [5.74, 6) is 0.968. The molecule has 12 heavy (non-hydrogen) atoms. The van der Waals surface area contributed by atoms with Crippen LogP contribution < -0.4 is 5.73 Å². The molecule has 0 aromatic rings. The molecular weight excluding hydrogens is 150 g/mol. The number of allylic oxidation sites excluding steroid dienone is 1. The number of methoxy groups -OCH3 is 1. The van der Waals surface area contributed by atoms with Gasteiger partial charge in [-0.3, -0.25) is 0 Å². The maximum absolute atomic E-state index is 5.31. The third-order valence-corrected chi connectivity index (χ3v) is 0.733. The maximum Gasteiger partial charge on any atom is 0.179 e. The van der Waals surface area contributed by atoms with E-state index in [1.807, 2.05) is 47.6 Å². The Labute approximate surface area is 77.8 Å². The van der Waals surface area contributed by atoms with Crippen LogP contribution in [0.15, 0.2) is 12.0 Å². The van der Waals surface area contributed by atoms with Crippen molar-refractivity contribution in [3.8, 4) is 0 Å². The van der Waals surface area contributed by atoms with Gasteiger partial charge in [0.25, 0.3) is 0 Å². The van der Waals surface area contributed by atoms with Gasteiger partial charge in [0.2, 0.25) is 0 Å². The molecule has 0 bridgehead atoms. The average Bonchev–Trinajstić information content (AvgIpc) is 2.10. The van der Waals surface area contributed by atoms with Crippen LogP contribution >= 0.6 is 0 Å². The maximum atomic E-state index is 5.31. The van der Waals surface area contributed by atoms with Gasteiger partial charge >= 0.3 is 0 Å². The molecular formula is C10H25NO. The second kappa shape index (κ2) is 16.7. The van der Waals surface area contributed by atoms with Gasteiger partial charge < -0.3 is 10.5 Å². The first-order valence-corrected chi connectivity index (χ1v) is 4.68. The van der Waals surface area contributed by atoms with Crippen LogP contribution in [-0.4, -0.2) is 7.11 Å². The standard InChI is InChI=1S/C6H13NO.2C2H6/c1-5(2)4-6(7)8-3;2*1-2/h4-5H,7H2,1-3H3;2*1-2H3/b6-4+;;. The Morgan fingerprint density at radius 3 is 1.58 bits per heavy atom. The molecule has 2 heteroatoms. The van der Waals surface area contributed by atoms with E-state index < -0.39 is 0 Å². The molecule has 0 heterocycles. The van der Waals surface area contributed by atoms with E-state index >= 15 is 0 Å². The highest BCUT2D eigenvalue weighted by atomic mass is 16.5. The quantitative estimate of drug-likeness (QED) is 0.654. The van der Waals surface area contributed by atoms with Crippen LogP contribution in [0.5, 0.6) is 0 Å². The van der Waals surface area contributed by atoms with Gasteiger partial charge in [0.05, 0.1) is 7.11 Å². The van der Waals surface area contributed by atoms with E-state index in [-0.39, 0.29) is 0 Å². The first-order chi connectivity index (χ1) is 5.66. The van der Waals surface area contributed by atoms with E-state index in [9.17, 15) is 0 Å². The van der Waals surface area contributed by atoms with Crippen LogP contribution in [-0.2, 0) is 4.74 Å². The molecule has 76 valence electrons. The molecule has 0 aliphatic heterocycles. The lowest BCUT2D eigenvalue weighted by molar-refractivity contribution is 0.284. The van der Waals surface area contributed by atoms with Crippen LogP contribution in [0.1, 0.15) is 41.5 Å². The molecule has 0 fully saturated rings. The minimum atomic E-state index is 0.468. The van der Waals surface area contributed by atoms with Gasteiger partial charge in [-0.25, -0.2) is 0 Å². The van der Waals surface area contributed by atoms with Gasteiger partial charge in [-0.15, -0.1) is 0 Å². The van der Waals surface area contributed by atoms with Crippen LogP contribution in [0.2, 0.25) is 0 Å². The molecule has 0 saturated heterocycles. The first-order valence-electron chi connectivity index (χ1n) is 4.68. The summed E-state index contributed by atoms with van der Waals surface area (Å²) in [5.41, 5.74) is 5.31. The molecule has 0 spiro atoms. The zero-order valence-corrected chi connectivity index (χ0v) is 9.64. The van der Waals surface area contributed by atoms with Gasteiger partial charge in [-0.05, 0) is 12.0 Å². The summed E-state index contributed by atoms with van der Waals surface area (Å²) in [6.07, 6.45) is 1.86. The van der Waals surface area contributed by atoms with Crippen molar-refractivity contribution in [3.63, 3.8) is 0 Å². The molecule has 0 aliphatic rings. The predicted molar refractivity (Wildman–Crippen MR) is 56.8 cm³/mol. The molecule has 0 atom stereocenters. The van der Waals surface area contributed by atoms with Crippen LogP contribution in [0.3, 0.4) is 0 Å². The highest BCUT2D eigenvalue weighted by Crippen LogP contribution is 1.96. The van der Waals surface area contributed by atoms with Gasteiger partial charge in [0, 0.05) is 0 Å². The summed E-state index contributed by atoms with van der Waals surface area (Å²) in [7, 11) is 1.56. The van der Waals surface area contributed by atoms with Gasteiger partial charge in [-0.1, -0.05) is 41.5 Å². The first kappa shape index (κ1) is 17.4. The summed E-state index contributed by atoms with van der Waals surface area (Å²) in [5, 5.41) is 0. The third kappa shape index (κ3) is 22.8. The highest BCUT2D eigenvalue weighted by Gasteiger charge is 1.87. The molecule has 2 nitrogen and oxygen atoms in total. The lowest BCUT2D eigenvalue weighted by Crippen LogP contribution is -2.00. The van der Waals surface area contributed by atoms with Crippen molar-refractivity contribution < 1.29 is 4.74 Å². The molecule has 0 unspecified atom stereocenters. The molecule has 0 aliphatic carbocycles. The van der Waals surface area contributed by atoms with Crippen molar-refractivity contribution in [2.24, 2.45) is 11.7 Å². The number of hydrogen-bond donors (Lipinski definition) is 1. The molecule has 0 radical (unpaired) electrons. The largest absolute Gasteiger partial charge is 0.483 e. The van der Waals surface area contributed by atoms with Crippen LogP contribution in [0.4, 0.5) is 0 Å². The molecule has 0 aromatic heterocycles. The molecule has 0 amide bonds. The Bertz CT molecular complexity index is 87.8. The lowest BCUT2D eigenvalue weighted by Gasteiger charge is -1.99. The zero-order valence-electron chi connectivity index (χ0n) is 9.64. The Morgan fingerprint density at radius 1 is 1.17 bits per heavy atom. The second-order valence-corrected chi connectivity index (χ2v) is 2.02. The van der Waals surface area contributed by atoms with Crippen LogP contribution in [0, 0.1) is 5.92 Å². The van der Waals surface area contributed by atoms with Crippen molar-refractivity contribution >= 4 is 0 Å². The summed E-state index contributed by atoms with van der Waals surface area (Å²) in [6, 6.07) is 0. The average molecular weight is 175 g/mol. The minimum absolute atomic E-state index is 0.468. The van der Waals surface area contributed by atoms with Crippen molar-refractivity contribution in [3.05, 3.63) is 12.0 Å². The molecule has 0 rings (SSSR count). The molecule has 0 saturated carbocycles. The van der Waals surface area contributed by atoms with Crippen molar-refractivity contribution in [2.75, 3.05) is 7.11 Å². The Balaban J connectivity index is -0.000000175. The fourth-order valence-corrected chi connectivity index (χ4v) is 0.397. The molecule has 2 N–H and O–H groups in total. The summed E-state index contributed by atoms with van der Waals surface area (Å²) in [4.78, 5) is 0. The molecule has 0 aromatic carbocycles. The fraction of sp³-hybridized carbons (Fsp3) is 0.800. The normalized spacial score (nSPS) is 9.17. The van der Waals surface area contributed by atoms with E-state index in [4.69, 9.17) is 10.5 Å². The van der Waals surface area contributed by atoms with Crippen molar-refractivity contribution in [2.45, 2.75) is 41.5 Å². The number of hydrogen-bond acceptors (Lipinski definition) is 2. The topological polar surface area (TPSA) is 35.2 Å². The summed E-state index contributed by atoms with van der Waals surface area (Å²) in [6.45, 7) is 12.1. The summed E-state index contributed by atoms with van der Waals surface area (Å²) < 4.78 is 4.70. The second-order valence-electron chi connectivity index (χ2n) is 2.02. The van der Waals surface area contributed by atoms with E-state index in [1.165, 1.54) is 0 Å². The van der Waals surface area contributed by atoms with E-state index in [2.05, 4.69) is 0 Å². The summed E-state index contributed by atoms with van der Waals surface area (Å²) >= 11 is 0. The van der Waals surface area contributed by atoms with Gasteiger partial charge in [0.1, 0.15) is 0 Å². The Kier molecular flexibility index (Phi) is 24.3. The number of rotatable bonds is 2. The Morgan fingerprint density at radius 2 is 1.50 bits per heavy atom. The van der Waals surface area contributed by atoms with Crippen LogP contribution in [0.25, 0.3) is 0 Å². The zero-order chi connectivity index (χ0) is 10.6. The third-order valence-electron chi connectivity index (χ3n) is 0.733. The monoisotopic (exact) mass is 175 g/mol. The lowest BCUT2D eigenvalue weighted by atomic mass is 10.2. The smallest absolute Gasteiger partial charge is 0.179 e. The Hall–Kier alpha value is -0.660. The van der Waals surface area contributed by atoms with Gasteiger partial charge in [0.15, 0.2) is 5.88 Å². The van der Waals surface area contributed by atoms with Gasteiger partial charge in [-0.2, -0.15) is 0 Å². The van der Waals surface area contributed by atoms with E-state index in [1.54, 1.807) is 7.11 Å². The number of ether oxygens (including phenoxy) is 1. The van der Waals surface area contributed by atoms with E-state index in [0.717, 1.165) is 0 Å². The number of nitrogens with two attached hydrogens (primary N) is 1. The minimum Gasteiger partial charge on any atom is -0.483 e. The van der Waals surface area contributed by atoms with Crippen molar-refractivity contribution in [1.82, 2.24) is 0 Å². The SMILES string of the molecule is CC.CC.CO/C(N)=C/C(C)C. The highest BCUT2D eigenvalue weighted by molar-refractivity contribution is 4.88. The van der Waals surface area contributed by atoms with Crippen molar-refractivity contribution in [1.29, 1.82) is 0 Å². The predicted octanol–water partition coefficient (Wildman–Crippen LogP) is 3.14. The fourth-order valence-electron chi connectivity index (χ4n) is 0.397. The van der Waals surface area contributed by atoms with E-state index in [0.29, 0.717) is 11.8 Å².